The highest BCUT2D eigenvalue weighted by Crippen LogP contribution is 2.30. The molecule has 6 N–H and O–H groups in total. The Bertz CT molecular complexity index is 1260. The lowest BCUT2D eigenvalue weighted by Gasteiger charge is -2.31. The number of benzene rings is 2. The number of nitrogens with zero attached hydrogens (tertiary/aromatic N) is 2. The first kappa shape index (κ1) is 33.8. The van der Waals surface area contributed by atoms with Crippen molar-refractivity contribution < 1.29 is 19.2 Å². The molecule has 4 rings (SSSR count). The predicted molar refractivity (Wildman–Crippen MR) is 174 cm³/mol. The molecule has 0 aromatic heterocycles. The molecule has 1 unspecified atom stereocenters. The molecule has 10 heteroatoms. The number of nitrogens with one attached hydrogen (secondary N) is 2. The van der Waals surface area contributed by atoms with Crippen molar-refractivity contribution in [2.45, 2.75) is 94.7 Å². The van der Waals surface area contributed by atoms with Gasteiger partial charge in [0.05, 0.1) is 17.9 Å². The van der Waals surface area contributed by atoms with Gasteiger partial charge in [-0.1, -0.05) is 67.1 Å². The molecule has 2 saturated heterocycles. The van der Waals surface area contributed by atoms with Crippen molar-refractivity contribution in [2.75, 3.05) is 19.6 Å². The highest BCUT2D eigenvalue weighted by atomic mass is 16.2. The van der Waals surface area contributed by atoms with Gasteiger partial charge in [-0.25, -0.2) is 0 Å². The molecule has 2 aromatic rings. The Hall–Kier alpha value is -4.05. The third-order valence-electron chi connectivity index (χ3n) is 8.99. The molecule has 242 valence electrons. The number of carbonyl (C=O) groups excluding carboxylic acids is 4. The van der Waals surface area contributed by atoms with Crippen LogP contribution in [-0.2, 0) is 19.2 Å². The fourth-order valence-corrected chi connectivity index (χ4v) is 6.52. The summed E-state index contributed by atoms with van der Waals surface area (Å²) in [7, 11) is 0. The third kappa shape index (κ3) is 9.47. The van der Waals surface area contributed by atoms with E-state index in [0.717, 1.165) is 43.5 Å². The minimum absolute atomic E-state index is 0.0300. The maximum absolute atomic E-state index is 14.0. The summed E-state index contributed by atoms with van der Waals surface area (Å²) in [5.41, 5.74) is 14.0. The Balaban J connectivity index is 1.44. The smallest absolute Gasteiger partial charge is 0.243 e. The van der Waals surface area contributed by atoms with Gasteiger partial charge in [0.1, 0.15) is 6.04 Å². The van der Waals surface area contributed by atoms with Crippen molar-refractivity contribution in [3.05, 3.63) is 71.8 Å². The van der Waals surface area contributed by atoms with Crippen LogP contribution in [0.4, 0.5) is 0 Å². The van der Waals surface area contributed by atoms with Gasteiger partial charge in [0.25, 0.3) is 0 Å². The normalized spacial score (nSPS) is 18.0. The molecule has 3 atom stereocenters. The maximum Gasteiger partial charge on any atom is 0.243 e. The summed E-state index contributed by atoms with van der Waals surface area (Å²) in [6.07, 6.45) is 6.34. The maximum atomic E-state index is 14.0. The van der Waals surface area contributed by atoms with E-state index in [0.29, 0.717) is 45.1 Å². The van der Waals surface area contributed by atoms with Gasteiger partial charge in [0.2, 0.25) is 17.7 Å². The summed E-state index contributed by atoms with van der Waals surface area (Å²) in [6, 6.07) is 16.9. The Morgan fingerprint density at radius 2 is 1.44 bits per heavy atom. The van der Waals surface area contributed by atoms with Gasteiger partial charge in [0, 0.05) is 44.8 Å². The number of piperidine rings is 1. The van der Waals surface area contributed by atoms with E-state index in [1.165, 1.54) is 0 Å². The van der Waals surface area contributed by atoms with Crippen LogP contribution in [0.2, 0.25) is 0 Å². The van der Waals surface area contributed by atoms with E-state index in [4.69, 9.17) is 16.9 Å². The molecule has 45 heavy (non-hydrogen) atoms. The van der Waals surface area contributed by atoms with Crippen molar-refractivity contribution in [1.29, 1.82) is 5.41 Å². The van der Waals surface area contributed by atoms with Gasteiger partial charge >= 0.3 is 0 Å². The zero-order valence-electron chi connectivity index (χ0n) is 26.2. The van der Waals surface area contributed by atoms with E-state index in [2.05, 4.69) is 5.32 Å². The Labute approximate surface area is 266 Å². The van der Waals surface area contributed by atoms with Gasteiger partial charge in [-0.15, -0.1) is 0 Å². The van der Waals surface area contributed by atoms with E-state index in [-0.39, 0.29) is 42.2 Å². The second kappa shape index (κ2) is 16.9. The van der Waals surface area contributed by atoms with Crippen molar-refractivity contribution >= 4 is 29.3 Å². The van der Waals surface area contributed by atoms with Crippen molar-refractivity contribution in [1.82, 2.24) is 15.1 Å². The summed E-state index contributed by atoms with van der Waals surface area (Å²) in [5, 5.41) is 10.4. The fraction of sp³-hybridized carbons (Fsp3) is 0.514. The van der Waals surface area contributed by atoms with Gasteiger partial charge in [-0.2, -0.15) is 0 Å². The Kier molecular flexibility index (Phi) is 12.7. The molecule has 2 aliphatic heterocycles. The standard InChI is InChI=1S/C35H48N6O4/c36-30(37)19-9-8-17-27(29(42)20-21-31(43)40-22-10-3-11-23-40)39-34(44)28-18-12-24-41(28)35(45)33(38)32(25-13-4-1-5-14-25)26-15-6-2-7-16-26/h1-2,4-7,13-16,27-28,32-33H,3,8-12,17-24,38H2,(H3,36,37)(H,39,44)/t27?,28-,33+/m0/s1. The first-order chi connectivity index (χ1) is 21.8. The number of unbranched alkanes of at least 4 members (excludes halogenated alkanes) is 1. The molecule has 0 radical (unpaired) electrons. The quantitative estimate of drug-likeness (QED) is 0.136. The number of hydrogen-bond acceptors (Lipinski definition) is 6. The Morgan fingerprint density at radius 1 is 0.822 bits per heavy atom. The number of amides is 3. The number of likely N-dealkylation sites (tertiary alicyclic amines) is 2. The van der Waals surface area contributed by atoms with Gasteiger partial charge in [-0.05, 0) is 56.1 Å². The number of rotatable bonds is 15. The van der Waals surface area contributed by atoms with Crippen LogP contribution in [0.3, 0.4) is 0 Å². The summed E-state index contributed by atoms with van der Waals surface area (Å²) in [4.78, 5) is 57.2. The second-order valence-electron chi connectivity index (χ2n) is 12.3. The van der Waals surface area contributed by atoms with Crippen LogP contribution in [-0.4, -0.2) is 76.9 Å². The summed E-state index contributed by atoms with van der Waals surface area (Å²) < 4.78 is 0. The lowest BCUT2D eigenvalue weighted by Crippen LogP contribution is -2.55. The van der Waals surface area contributed by atoms with Crippen molar-refractivity contribution in [2.24, 2.45) is 11.5 Å². The summed E-state index contributed by atoms with van der Waals surface area (Å²) in [5.74, 6) is -1.22. The first-order valence-electron chi connectivity index (χ1n) is 16.4. The SMILES string of the molecule is N=C(N)CCCCC(NC(=O)[C@@H]1CCCN1C(=O)[C@H](N)C(c1ccccc1)c1ccccc1)C(=O)CCC(=O)N1CCCCC1. The molecule has 0 aliphatic carbocycles. The number of Topliss-reactive ketones (excluding diaryl/α,β-unsaturated/α-hetero) is 1. The Morgan fingerprint density at radius 3 is 2.04 bits per heavy atom. The number of carbonyl (C=O) groups is 4. The van der Waals surface area contributed by atoms with Crippen LogP contribution in [0.25, 0.3) is 0 Å². The highest BCUT2D eigenvalue weighted by Gasteiger charge is 2.40. The molecule has 2 aromatic carbocycles. The third-order valence-corrected chi connectivity index (χ3v) is 8.99. The largest absolute Gasteiger partial charge is 0.388 e. The molecular weight excluding hydrogens is 568 g/mol. The monoisotopic (exact) mass is 616 g/mol. The molecule has 10 nitrogen and oxygen atoms in total. The topological polar surface area (TPSA) is 163 Å². The van der Waals surface area contributed by atoms with Crippen molar-refractivity contribution in [3.63, 3.8) is 0 Å². The highest BCUT2D eigenvalue weighted by molar-refractivity contribution is 5.95. The zero-order chi connectivity index (χ0) is 32.2. The van der Waals surface area contributed by atoms with E-state index in [1.54, 1.807) is 4.90 Å². The average Bonchev–Trinajstić information content (AvgIpc) is 3.56. The number of ketones is 1. The van der Waals surface area contributed by atoms with Crippen LogP contribution in [0.15, 0.2) is 60.7 Å². The minimum atomic E-state index is -0.909. The van der Waals surface area contributed by atoms with Crippen molar-refractivity contribution in [3.8, 4) is 0 Å². The van der Waals surface area contributed by atoms with Gasteiger partial charge in [0.15, 0.2) is 5.78 Å². The minimum Gasteiger partial charge on any atom is -0.388 e. The van der Waals surface area contributed by atoms with Crippen LogP contribution < -0.4 is 16.8 Å². The molecule has 2 aliphatic rings. The number of hydrogen-bond donors (Lipinski definition) is 4. The summed E-state index contributed by atoms with van der Waals surface area (Å²) >= 11 is 0. The molecule has 0 bridgehead atoms. The van der Waals surface area contributed by atoms with E-state index in [9.17, 15) is 19.2 Å². The summed E-state index contributed by atoms with van der Waals surface area (Å²) in [6.45, 7) is 1.85. The van der Waals surface area contributed by atoms with E-state index < -0.39 is 24.0 Å². The van der Waals surface area contributed by atoms with Crippen LogP contribution in [0, 0.1) is 5.41 Å². The zero-order valence-corrected chi connectivity index (χ0v) is 26.2. The van der Waals surface area contributed by atoms with Crippen LogP contribution in [0.5, 0.6) is 0 Å². The molecule has 3 amide bonds. The predicted octanol–water partition coefficient (Wildman–Crippen LogP) is 3.48. The molecule has 0 saturated carbocycles. The number of amidine groups is 1. The average molecular weight is 617 g/mol. The lowest BCUT2D eigenvalue weighted by atomic mass is 9.84. The fourth-order valence-electron chi connectivity index (χ4n) is 6.52. The van der Waals surface area contributed by atoms with E-state index >= 15 is 0 Å². The second-order valence-corrected chi connectivity index (χ2v) is 12.3. The van der Waals surface area contributed by atoms with Crippen LogP contribution in [0.1, 0.15) is 87.7 Å². The van der Waals surface area contributed by atoms with Crippen LogP contribution >= 0.6 is 0 Å². The van der Waals surface area contributed by atoms with Gasteiger partial charge < -0.3 is 26.6 Å². The lowest BCUT2D eigenvalue weighted by molar-refractivity contribution is -0.140. The first-order valence-corrected chi connectivity index (χ1v) is 16.4. The molecule has 0 spiro atoms. The number of nitrogens with two attached hydrogens (primary N) is 2. The van der Waals surface area contributed by atoms with Gasteiger partial charge in [-0.3, -0.25) is 24.6 Å². The molecular formula is C35H48N6O4. The van der Waals surface area contributed by atoms with E-state index in [1.807, 2.05) is 65.6 Å². The molecule has 2 fully saturated rings. The molecule has 2 heterocycles.